The molecule has 0 saturated carbocycles. The number of carbonyl (C=O) groups is 1. The second-order valence-corrected chi connectivity index (χ2v) is 5.84. The molecule has 1 heterocycles. The topological polar surface area (TPSA) is 32.3 Å². The van der Waals surface area contributed by atoms with Crippen LogP contribution >= 0.6 is 11.8 Å². The highest BCUT2D eigenvalue weighted by molar-refractivity contribution is 8.02. The highest BCUT2D eigenvalue weighted by atomic mass is 32.2. The zero-order valence-electron chi connectivity index (χ0n) is 9.91. The highest BCUT2D eigenvalue weighted by Gasteiger charge is 2.27. The molecule has 0 aromatic heterocycles. The van der Waals surface area contributed by atoms with Gasteiger partial charge >= 0.3 is 6.03 Å². The van der Waals surface area contributed by atoms with Gasteiger partial charge in [-0.3, -0.25) is 4.90 Å². The van der Waals surface area contributed by atoms with Crippen LogP contribution in [0.5, 0.6) is 0 Å². The quantitative estimate of drug-likeness (QED) is 0.787. The Hall–Kier alpha value is -0.640. The van der Waals surface area contributed by atoms with Crippen LogP contribution < -0.4 is 5.32 Å². The Labute approximate surface area is 96.3 Å². The van der Waals surface area contributed by atoms with Crippen LogP contribution in [0, 0.1) is 0 Å². The van der Waals surface area contributed by atoms with Crippen LogP contribution in [-0.2, 0) is 0 Å². The van der Waals surface area contributed by atoms with Gasteiger partial charge in [0.1, 0.15) is 0 Å². The van der Waals surface area contributed by atoms with Crippen molar-refractivity contribution >= 4 is 17.8 Å². The number of urea groups is 1. The lowest BCUT2D eigenvalue weighted by Gasteiger charge is -2.28. The second kappa shape index (κ2) is 4.92. The van der Waals surface area contributed by atoms with E-state index >= 15 is 0 Å². The third kappa shape index (κ3) is 3.78. The predicted molar refractivity (Wildman–Crippen MR) is 65.6 cm³/mol. The minimum atomic E-state index is -0.172. The van der Waals surface area contributed by atoms with E-state index in [0.29, 0.717) is 0 Å². The Morgan fingerprint density at radius 2 is 2.20 bits per heavy atom. The van der Waals surface area contributed by atoms with Gasteiger partial charge in [0.05, 0.1) is 5.37 Å². The predicted octanol–water partition coefficient (Wildman–Crippen LogP) is 3.14. The molecule has 0 bridgehead atoms. The molecule has 86 valence electrons. The van der Waals surface area contributed by atoms with Crippen molar-refractivity contribution in [3.63, 3.8) is 0 Å². The van der Waals surface area contributed by atoms with Crippen LogP contribution in [0.3, 0.4) is 0 Å². The van der Waals surface area contributed by atoms with Crippen molar-refractivity contribution < 1.29 is 4.79 Å². The molecule has 1 rings (SSSR count). The fourth-order valence-electron chi connectivity index (χ4n) is 1.39. The second-order valence-electron chi connectivity index (χ2n) is 4.75. The van der Waals surface area contributed by atoms with Gasteiger partial charge in [-0.1, -0.05) is 13.3 Å². The third-order valence-corrected chi connectivity index (χ3v) is 3.08. The van der Waals surface area contributed by atoms with E-state index in [9.17, 15) is 4.79 Å². The molecule has 1 aliphatic rings. The van der Waals surface area contributed by atoms with E-state index < -0.39 is 0 Å². The van der Waals surface area contributed by atoms with Gasteiger partial charge in [-0.2, -0.15) is 0 Å². The summed E-state index contributed by atoms with van der Waals surface area (Å²) in [5.41, 5.74) is -0.172. The van der Waals surface area contributed by atoms with Gasteiger partial charge in [-0.15, -0.1) is 11.8 Å². The number of nitrogens with one attached hydrogen (secondary N) is 1. The van der Waals surface area contributed by atoms with Gasteiger partial charge in [-0.25, -0.2) is 4.79 Å². The van der Waals surface area contributed by atoms with Crippen molar-refractivity contribution in [2.24, 2.45) is 0 Å². The lowest BCUT2D eigenvalue weighted by molar-refractivity contribution is 0.202. The van der Waals surface area contributed by atoms with Crippen molar-refractivity contribution in [3.8, 4) is 0 Å². The third-order valence-electron chi connectivity index (χ3n) is 2.02. The molecule has 3 nitrogen and oxygen atoms in total. The van der Waals surface area contributed by atoms with Gasteiger partial charge in [-0.05, 0) is 32.6 Å². The smallest absolute Gasteiger partial charge is 0.322 e. The highest BCUT2D eigenvalue weighted by Crippen LogP contribution is 2.28. The summed E-state index contributed by atoms with van der Waals surface area (Å²) in [6.07, 6.45) is 4.00. The fraction of sp³-hybridized carbons (Fsp3) is 0.727. The van der Waals surface area contributed by atoms with Crippen LogP contribution in [0.1, 0.15) is 40.5 Å². The molecule has 1 unspecified atom stereocenters. The van der Waals surface area contributed by atoms with Gasteiger partial charge in [0.25, 0.3) is 0 Å². The van der Waals surface area contributed by atoms with Crippen molar-refractivity contribution in [1.82, 2.24) is 10.2 Å². The average molecular weight is 228 g/mol. The Morgan fingerprint density at radius 1 is 1.53 bits per heavy atom. The Bertz CT molecular complexity index is 258. The maximum absolute atomic E-state index is 11.9. The molecular weight excluding hydrogens is 208 g/mol. The molecule has 0 aromatic carbocycles. The molecule has 0 aliphatic carbocycles. The molecule has 0 spiro atoms. The first-order chi connectivity index (χ1) is 6.94. The van der Waals surface area contributed by atoms with Crippen molar-refractivity contribution in [1.29, 1.82) is 0 Å². The molecule has 0 fully saturated rings. The van der Waals surface area contributed by atoms with Gasteiger partial charge in [0, 0.05) is 11.7 Å². The monoisotopic (exact) mass is 228 g/mol. The summed E-state index contributed by atoms with van der Waals surface area (Å²) in [5, 5.41) is 5.24. The van der Waals surface area contributed by atoms with Crippen LogP contribution in [-0.4, -0.2) is 21.8 Å². The number of thioether (sulfide) groups is 1. The molecule has 1 N–H and O–H groups in total. The lowest BCUT2D eigenvalue weighted by Crippen LogP contribution is -2.48. The van der Waals surface area contributed by atoms with Gasteiger partial charge in [0.15, 0.2) is 0 Å². The summed E-state index contributed by atoms with van der Waals surface area (Å²) < 4.78 is 0. The van der Waals surface area contributed by atoms with Crippen LogP contribution in [0.2, 0.25) is 0 Å². The molecule has 0 radical (unpaired) electrons. The zero-order valence-corrected chi connectivity index (χ0v) is 10.7. The number of hydrogen-bond acceptors (Lipinski definition) is 2. The summed E-state index contributed by atoms with van der Waals surface area (Å²) in [6, 6.07) is 0.00204. The van der Waals surface area contributed by atoms with Gasteiger partial charge in [0.2, 0.25) is 0 Å². The van der Waals surface area contributed by atoms with E-state index in [1.165, 1.54) is 0 Å². The van der Waals surface area contributed by atoms with E-state index in [4.69, 9.17) is 0 Å². The molecule has 1 atom stereocenters. The van der Waals surface area contributed by atoms with E-state index in [-0.39, 0.29) is 16.9 Å². The van der Waals surface area contributed by atoms with Gasteiger partial charge < -0.3 is 5.32 Å². The number of rotatable bonds is 2. The van der Waals surface area contributed by atoms with Crippen LogP contribution in [0.15, 0.2) is 11.6 Å². The normalized spacial score (nSPS) is 20.8. The summed E-state index contributed by atoms with van der Waals surface area (Å²) in [5.74, 6) is 0. The van der Waals surface area contributed by atoms with E-state index in [0.717, 1.165) is 12.8 Å². The van der Waals surface area contributed by atoms with E-state index in [1.54, 1.807) is 16.7 Å². The Kier molecular flexibility index (Phi) is 4.08. The number of nitrogens with zero attached hydrogens (tertiary/aromatic N) is 1. The summed E-state index contributed by atoms with van der Waals surface area (Å²) in [4.78, 5) is 13.7. The maximum Gasteiger partial charge on any atom is 0.322 e. The Morgan fingerprint density at radius 3 is 2.73 bits per heavy atom. The number of carbonyl (C=O) groups excluding carboxylic acids is 1. The first-order valence-corrected chi connectivity index (χ1v) is 6.31. The lowest BCUT2D eigenvalue weighted by atomic mass is 10.1. The molecule has 1 aliphatic heterocycles. The summed E-state index contributed by atoms with van der Waals surface area (Å²) >= 11 is 1.71. The van der Waals surface area contributed by atoms with Crippen LogP contribution in [0.4, 0.5) is 4.79 Å². The SMILES string of the molecule is CCCC1SC=CN1C(=O)NC(C)(C)C. The van der Waals surface area contributed by atoms with Crippen LogP contribution in [0.25, 0.3) is 0 Å². The fourth-order valence-corrected chi connectivity index (χ4v) is 2.44. The number of hydrogen-bond donors (Lipinski definition) is 1. The van der Waals surface area contributed by atoms with Crippen molar-refractivity contribution in [2.45, 2.75) is 51.4 Å². The standard InChI is InChI=1S/C11H20N2OS/c1-5-6-9-13(7-8-15-9)10(14)12-11(2,3)4/h7-9H,5-6H2,1-4H3,(H,12,14). The summed E-state index contributed by atoms with van der Waals surface area (Å²) in [7, 11) is 0. The molecular formula is C11H20N2OS. The van der Waals surface area contributed by atoms with E-state index in [2.05, 4.69) is 12.2 Å². The minimum Gasteiger partial charge on any atom is -0.333 e. The molecule has 4 heteroatoms. The molecule has 2 amide bonds. The van der Waals surface area contributed by atoms with Crippen molar-refractivity contribution in [3.05, 3.63) is 11.6 Å². The van der Waals surface area contributed by atoms with E-state index in [1.807, 2.05) is 32.4 Å². The maximum atomic E-state index is 11.9. The van der Waals surface area contributed by atoms with Crippen molar-refractivity contribution in [2.75, 3.05) is 0 Å². The zero-order chi connectivity index (χ0) is 11.5. The Balaban J connectivity index is 2.55. The minimum absolute atomic E-state index is 0.00204. The first-order valence-electron chi connectivity index (χ1n) is 5.36. The molecule has 0 saturated heterocycles. The first kappa shape index (κ1) is 12.4. The average Bonchev–Trinajstić information content (AvgIpc) is 2.49. The molecule has 15 heavy (non-hydrogen) atoms. The summed E-state index contributed by atoms with van der Waals surface area (Å²) in [6.45, 7) is 8.12. The molecule has 0 aromatic rings. The number of amides is 2. The largest absolute Gasteiger partial charge is 0.333 e.